The van der Waals surface area contributed by atoms with E-state index in [1.807, 2.05) is 24.3 Å². The average molecular weight is 240 g/mol. The summed E-state index contributed by atoms with van der Waals surface area (Å²) < 4.78 is 5.83. The van der Waals surface area contributed by atoms with Gasteiger partial charge in [0.2, 0.25) is 0 Å². The molecule has 0 amide bonds. The van der Waals surface area contributed by atoms with Gasteiger partial charge in [0.05, 0.1) is 6.10 Å². The Morgan fingerprint density at radius 3 is 2.83 bits per heavy atom. The smallest absolute Gasteiger partial charge is 0.127 e. The fourth-order valence-corrected chi connectivity index (χ4v) is 1.54. The molecule has 0 radical (unpaired) electrons. The van der Waals surface area contributed by atoms with Crippen LogP contribution in [0.15, 0.2) is 48.1 Å². The van der Waals surface area contributed by atoms with Crippen LogP contribution in [0.1, 0.15) is 18.4 Å². The zero-order valence-corrected chi connectivity index (χ0v) is 10.2. The molecule has 1 aliphatic carbocycles. The van der Waals surface area contributed by atoms with Gasteiger partial charge in [-0.2, -0.15) is 0 Å². The zero-order valence-electron chi connectivity index (χ0n) is 10.2. The molecule has 0 aliphatic heterocycles. The highest BCUT2D eigenvalue weighted by Crippen LogP contribution is 2.31. The second kappa shape index (κ2) is 5.96. The predicted molar refractivity (Wildman–Crippen MR) is 75.5 cm³/mol. The number of hydrogen-bond acceptors (Lipinski definition) is 3. The number of benzene rings is 1. The monoisotopic (exact) mass is 240 g/mol. The molecule has 3 heteroatoms. The van der Waals surface area contributed by atoms with Crippen LogP contribution in [-0.2, 0) is 0 Å². The molecule has 0 bridgehead atoms. The average Bonchev–Trinajstić information content (AvgIpc) is 3.20. The van der Waals surface area contributed by atoms with E-state index in [9.17, 15) is 0 Å². The molecular weight excluding hydrogens is 224 g/mol. The number of rotatable bonds is 6. The van der Waals surface area contributed by atoms with Gasteiger partial charge < -0.3 is 10.1 Å². The highest BCUT2D eigenvalue weighted by atomic mass is 16.5. The number of aliphatic imine (C=N–C) groups is 1. The van der Waals surface area contributed by atoms with Crippen LogP contribution in [0.25, 0.3) is 5.57 Å². The van der Waals surface area contributed by atoms with Crippen LogP contribution in [0.4, 0.5) is 0 Å². The van der Waals surface area contributed by atoms with Crippen LogP contribution in [-0.4, -0.2) is 18.5 Å². The van der Waals surface area contributed by atoms with Crippen LogP contribution in [0.5, 0.6) is 5.75 Å². The third-order valence-corrected chi connectivity index (χ3v) is 2.58. The van der Waals surface area contributed by atoms with Crippen LogP contribution < -0.4 is 4.74 Å². The van der Waals surface area contributed by atoms with Gasteiger partial charge in [-0.25, -0.2) is 0 Å². The van der Waals surface area contributed by atoms with Crippen molar-refractivity contribution in [3.8, 4) is 5.75 Å². The van der Waals surface area contributed by atoms with E-state index in [0.29, 0.717) is 6.10 Å². The summed E-state index contributed by atoms with van der Waals surface area (Å²) in [5.74, 6) is 0.823. The summed E-state index contributed by atoms with van der Waals surface area (Å²) in [5.41, 5.74) is 1.63. The minimum absolute atomic E-state index is 0.342. The fraction of sp³-hybridized carbons (Fsp3) is 0.200. The Morgan fingerprint density at radius 1 is 1.39 bits per heavy atom. The highest BCUT2D eigenvalue weighted by molar-refractivity contribution is 6.09. The number of nitrogens with zero attached hydrogens (tertiary/aromatic N) is 1. The molecule has 1 N–H and O–H groups in total. The first-order valence-corrected chi connectivity index (χ1v) is 5.96. The molecular formula is C15H16N2O. The Hall–Kier alpha value is -2.16. The second-order valence-corrected chi connectivity index (χ2v) is 4.08. The molecule has 2 rings (SSSR count). The van der Waals surface area contributed by atoms with Gasteiger partial charge in [-0.1, -0.05) is 30.9 Å². The number of allylic oxidation sites excluding steroid dienone is 2. The number of hydrogen-bond donors (Lipinski definition) is 1. The van der Waals surface area contributed by atoms with Gasteiger partial charge in [-0.05, 0) is 18.9 Å². The SMILES string of the molecule is C=CC=NC=C(C=N)c1ccccc1OC1CC1. The van der Waals surface area contributed by atoms with E-state index in [0.717, 1.165) is 29.7 Å². The first-order valence-electron chi connectivity index (χ1n) is 5.96. The lowest BCUT2D eigenvalue weighted by atomic mass is 10.1. The maximum absolute atomic E-state index is 7.48. The third-order valence-electron chi connectivity index (χ3n) is 2.58. The summed E-state index contributed by atoms with van der Waals surface area (Å²) in [5, 5.41) is 7.48. The largest absolute Gasteiger partial charge is 0.490 e. The van der Waals surface area contributed by atoms with E-state index in [2.05, 4.69) is 11.6 Å². The Bertz CT molecular complexity index is 499. The zero-order chi connectivity index (χ0) is 12.8. The molecule has 0 saturated heterocycles. The van der Waals surface area contributed by atoms with E-state index in [1.165, 1.54) is 6.21 Å². The lowest BCUT2D eigenvalue weighted by Gasteiger charge is -2.10. The van der Waals surface area contributed by atoms with Crippen molar-refractivity contribution in [2.75, 3.05) is 0 Å². The maximum Gasteiger partial charge on any atom is 0.127 e. The first kappa shape index (κ1) is 12.3. The van der Waals surface area contributed by atoms with Gasteiger partial charge in [-0.3, -0.25) is 4.99 Å². The molecule has 1 aromatic rings. The van der Waals surface area contributed by atoms with Gasteiger partial charge in [0.1, 0.15) is 5.75 Å². The van der Waals surface area contributed by atoms with Gasteiger partial charge in [-0.15, -0.1) is 0 Å². The van der Waals surface area contributed by atoms with Gasteiger partial charge in [0, 0.05) is 29.8 Å². The Balaban J connectivity index is 2.28. The molecule has 1 fully saturated rings. The minimum atomic E-state index is 0.342. The van der Waals surface area contributed by atoms with Crippen molar-refractivity contribution in [3.05, 3.63) is 48.7 Å². The summed E-state index contributed by atoms with van der Waals surface area (Å²) in [6, 6.07) is 7.75. The summed E-state index contributed by atoms with van der Waals surface area (Å²) in [7, 11) is 0. The highest BCUT2D eigenvalue weighted by Gasteiger charge is 2.24. The molecule has 3 nitrogen and oxygen atoms in total. The van der Waals surface area contributed by atoms with E-state index < -0.39 is 0 Å². The molecule has 1 aliphatic rings. The van der Waals surface area contributed by atoms with Crippen LogP contribution in [0.2, 0.25) is 0 Å². The Kier molecular flexibility index (Phi) is 4.07. The molecule has 0 aromatic heterocycles. The lowest BCUT2D eigenvalue weighted by Crippen LogP contribution is -1.99. The molecule has 1 saturated carbocycles. The molecule has 18 heavy (non-hydrogen) atoms. The summed E-state index contributed by atoms with van der Waals surface area (Å²) >= 11 is 0. The third kappa shape index (κ3) is 3.17. The minimum Gasteiger partial charge on any atom is -0.490 e. The van der Waals surface area contributed by atoms with E-state index in [1.54, 1.807) is 18.5 Å². The molecule has 0 spiro atoms. The molecule has 0 atom stereocenters. The van der Waals surface area contributed by atoms with E-state index in [4.69, 9.17) is 10.1 Å². The standard InChI is InChI=1S/C15H16N2O/c1-2-9-17-11-12(10-16)14-5-3-4-6-15(14)18-13-7-8-13/h2-6,9-11,13,16H,1,7-8H2. The van der Waals surface area contributed by atoms with Crippen LogP contribution in [0, 0.1) is 5.41 Å². The van der Waals surface area contributed by atoms with Crippen molar-refractivity contribution < 1.29 is 4.74 Å². The van der Waals surface area contributed by atoms with Crippen LogP contribution in [0.3, 0.4) is 0 Å². The number of ether oxygens (including phenoxy) is 1. The molecule has 0 heterocycles. The van der Waals surface area contributed by atoms with Crippen molar-refractivity contribution >= 4 is 18.0 Å². The lowest BCUT2D eigenvalue weighted by molar-refractivity contribution is 0.302. The van der Waals surface area contributed by atoms with Gasteiger partial charge >= 0.3 is 0 Å². The second-order valence-electron chi connectivity index (χ2n) is 4.08. The quantitative estimate of drug-likeness (QED) is 0.760. The fourth-order valence-electron chi connectivity index (χ4n) is 1.54. The van der Waals surface area contributed by atoms with Gasteiger partial charge in [0.15, 0.2) is 0 Å². The Labute approximate surface area is 107 Å². The van der Waals surface area contributed by atoms with Gasteiger partial charge in [0.25, 0.3) is 0 Å². The maximum atomic E-state index is 7.48. The molecule has 0 unspecified atom stereocenters. The van der Waals surface area contributed by atoms with Crippen molar-refractivity contribution in [1.29, 1.82) is 5.41 Å². The molecule has 92 valence electrons. The van der Waals surface area contributed by atoms with Crippen molar-refractivity contribution in [2.24, 2.45) is 4.99 Å². The van der Waals surface area contributed by atoms with Crippen molar-refractivity contribution in [2.45, 2.75) is 18.9 Å². The summed E-state index contributed by atoms with van der Waals surface area (Å²) in [6.07, 6.45) is 8.70. The topological polar surface area (TPSA) is 45.4 Å². The van der Waals surface area contributed by atoms with Crippen LogP contribution >= 0.6 is 0 Å². The predicted octanol–water partition coefficient (Wildman–Crippen LogP) is 3.48. The van der Waals surface area contributed by atoms with E-state index >= 15 is 0 Å². The first-order chi connectivity index (χ1) is 8.85. The Morgan fingerprint density at radius 2 is 2.17 bits per heavy atom. The molecule has 1 aromatic carbocycles. The van der Waals surface area contributed by atoms with Crippen molar-refractivity contribution in [1.82, 2.24) is 0 Å². The number of para-hydroxylation sites is 1. The summed E-state index contributed by atoms with van der Waals surface area (Å²) in [6.45, 7) is 3.56. The van der Waals surface area contributed by atoms with E-state index in [-0.39, 0.29) is 0 Å². The number of nitrogens with one attached hydrogen (secondary N) is 1. The summed E-state index contributed by atoms with van der Waals surface area (Å²) in [4.78, 5) is 4.06. The normalized spacial score (nSPS) is 15.7. The van der Waals surface area contributed by atoms with Crippen molar-refractivity contribution in [3.63, 3.8) is 0 Å².